The van der Waals surface area contributed by atoms with Gasteiger partial charge in [-0.3, -0.25) is 4.79 Å². The van der Waals surface area contributed by atoms with Gasteiger partial charge < -0.3 is 20.1 Å². The normalized spacial score (nSPS) is 14.2. The molecule has 1 amide bonds. The first-order valence-corrected chi connectivity index (χ1v) is 16.7. The van der Waals surface area contributed by atoms with E-state index in [1.807, 2.05) is 57.2 Å². The third-order valence-corrected chi connectivity index (χ3v) is 9.20. The zero-order valence-corrected chi connectivity index (χ0v) is 28.6. The molecule has 4 aromatic rings. The second-order valence-electron chi connectivity index (χ2n) is 10.2. The SMILES string of the molecule is CCCSc1nc2n(n1)C(c1cc(Br)c(OCc3c(Cl)cccc3Cl)c(OCC)c1)C(C(=O)Nc1cccc(C)c1)=C(C)N2. The van der Waals surface area contributed by atoms with E-state index in [2.05, 4.69) is 33.5 Å². The maximum absolute atomic E-state index is 14.0. The minimum atomic E-state index is -0.609. The first-order chi connectivity index (χ1) is 21.2. The van der Waals surface area contributed by atoms with Crippen LogP contribution in [0.4, 0.5) is 11.6 Å². The summed E-state index contributed by atoms with van der Waals surface area (Å²) in [5.74, 6) is 2.17. The maximum Gasteiger partial charge on any atom is 0.255 e. The number of hydrogen-bond donors (Lipinski definition) is 2. The molecule has 0 aliphatic carbocycles. The van der Waals surface area contributed by atoms with Crippen molar-refractivity contribution in [3.63, 3.8) is 0 Å². The Hall–Kier alpha value is -3.18. The van der Waals surface area contributed by atoms with Gasteiger partial charge in [-0.15, -0.1) is 5.10 Å². The molecular weight excluding hydrogens is 685 g/mol. The van der Waals surface area contributed by atoms with E-state index < -0.39 is 6.04 Å². The summed E-state index contributed by atoms with van der Waals surface area (Å²) < 4.78 is 14.7. The number of allylic oxidation sites excluding steroid dienone is 1. The Kier molecular flexibility index (Phi) is 10.5. The van der Waals surface area contributed by atoms with E-state index in [0.717, 1.165) is 23.3 Å². The van der Waals surface area contributed by atoms with E-state index in [1.54, 1.807) is 34.6 Å². The fourth-order valence-electron chi connectivity index (χ4n) is 4.87. The van der Waals surface area contributed by atoms with Crippen molar-refractivity contribution in [1.82, 2.24) is 14.8 Å². The lowest BCUT2D eigenvalue weighted by Gasteiger charge is -2.29. The van der Waals surface area contributed by atoms with Gasteiger partial charge in [-0.05, 0) is 90.6 Å². The number of halogens is 3. The van der Waals surface area contributed by atoms with Gasteiger partial charge in [-0.1, -0.05) is 60.1 Å². The van der Waals surface area contributed by atoms with E-state index in [4.69, 9.17) is 42.8 Å². The highest BCUT2D eigenvalue weighted by Crippen LogP contribution is 2.44. The first kappa shape index (κ1) is 32.2. The predicted octanol–water partition coefficient (Wildman–Crippen LogP) is 9.06. The van der Waals surface area contributed by atoms with Gasteiger partial charge in [0.1, 0.15) is 12.6 Å². The van der Waals surface area contributed by atoms with Crippen molar-refractivity contribution in [1.29, 1.82) is 0 Å². The van der Waals surface area contributed by atoms with Crippen molar-refractivity contribution in [3.05, 3.63) is 97.1 Å². The molecule has 0 saturated heterocycles. The predicted molar refractivity (Wildman–Crippen MR) is 181 cm³/mol. The van der Waals surface area contributed by atoms with Gasteiger partial charge in [0.2, 0.25) is 11.1 Å². The van der Waals surface area contributed by atoms with Crippen LogP contribution in [-0.4, -0.2) is 33.0 Å². The van der Waals surface area contributed by atoms with Crippen molar-refractivity contribution in [2.75, 3.05) is 23.0 Å². The molecule has 0 radical (unpaired) electrons. The topological polar surface area (TPSA) is 90.3 Å². The van der Waals surface area contributed by atoms with Gasteiger partial charge in [0.25, 0.3) is 5.91 Å². The van der Waals surface area contributed by atoms with Crippen LogP contribution in [0.3, 0.4) is 0 Å². The second kappa shape index (κ2) is 14.3. The number of aryl methyl sites for hydroxylation is 1. The number of nitrogens with zero attached hydrogens (tertiary/aromatic N) is 3. The smallest absolute Gasteiger partial charge is 0.255 e. The fraction of sp³-hybridized carbons (Fsp3) is 0.281. The van der Waals surface area contributed by atoms with Gasteiger partial charge in [0.15, 0.2) is 11.5 Å². The van der Waals surface area contributed by atoms with E-state index in [1.165, 1.54) is 0 Å². The summed E-state index contributed by atoms with van der Waals surface area (Å²) in [7, 11) is 0. The van der Waals surface area contributed by atoms with Crippen molar-refractivity contribution in [2.45, 2.75) is 51.9 Å². The van der Waals surface area contributed by atoms with Crippen LogP contribution in [0.1, 0.15) is 49.9 Å². The Morgan fingerprint density at radius 3 is 2.55 bits per heavy atom. The minimum absolute atomic E-state index is 0.137. The molecule has 1 atom stereocenters. The van der Waals surface area contributed by atoms with Crippen LogP contribution in [-0.2, 0) is 11.4 Å². The number of amides is 1. The lowest BCUT2D eigenvalue weighted by atomic mass is 9.94. The molecule has 230 valence electrons. The zero-order chi connectivity index (χ0) is 31.4. The second-order valence-corrected chi connectivity index (χ2v) is 12.9. The van der Waals surface area contributed by atoms with Crippen LogP contribution in [0.25, 0.3) is 0 Å². The van der Waals surface area contributed by atoms with E-state index in [0.29, 0.717) is 66.2 Å². The van der Waals surface area contributed by atoms with Crippen LogP contribution in [0.15, 0.2) is 75.5 Å². The Labute approximate surface area is 279 Å². The Bertz CT molecular complexity index is 1710. The highest BCUT2D eigenvalue weighted by atomic mass is 79.9. The highest BCUT2D eigenvalue weighted by Gasteiger charge is 2.35. The van der Waals surface area contributed by atoms with Gasteiger partial charge in [0, 0.05) is 32.7 Å². The number of rotatable bonds is 11. The minimum Gasteiger partial charge on any atom is -0.490 e. The molecule has 2 heterocycles. The van der Waals surface area contributed by atoms with Crippen LogP contribution in [0.5, 0.6) is 11.5 Å². The van der Waals surface area contributed by atoms with Crippen LogP contribution in [0.2, 0.25) is 10.0 Å². The number of hydrogen-bond acceptors (Lipinski definition) is 7. The van der Waals surface area contributed by atoms with Crippen LogP contribution in [0, 0.1) is 6.92 Å². The third kappa shape index (κ3) is 7.04. The average molecular weight is 718 g/mol. The quantitative estimate of drug-likeness (QED) is 0.150. The zero-order valence-electron chi connectivity index (χ0n) is 24.7. The summed E-state index contributed by atoms with van der Waals surface area (Å²) in [4.78, 5) is 18.7. The summed E-state index contributed by atoms with van der Waals surface area (Å²) in [5.41, 5.74) is 4.36. The van der Waals surface area contributed by atoms with Gasteiger partial charge in [-0.25, -0.2) is 4.68 Å². The van der Waals surface area contributed by atoms with Crippen molar-refractivity contribution < 1.29 is 14.3 Å². The van der Waals surface area contributed by atoms with Crippen molar-refractivity contribution >= 4 is 68.4 Å². The molecule has 0 saturated carbocycles. The molecule has 44 heavy (non-hydrogen) atoms. The summed E-state index contributed by atoms with van der Waals surface area (Å²) in [6, 6.07) is 16.2. The average Bonchev–Trinajstić information content (AvgIpc) is 3.38. The number of aromatic nitrogens is 3. The molecule has 3 aromatic carbocycles. The first-order valence-electron chi connectivity index (χ1n) is 14.2. The number of carbonyl (C=O) groups is 1. The molecule has 0 bridgehead atoms. The highest BCUT2D eigenvalue weighted by molar-refractivity contribution is 9.10. The molecule has 1 aliphatic heterocycles. The third-order valence-electron chi connectivity index (χ3n) is 6.86. The van der Waals surface area contributed by atoms with Crippen molar-refractivity contribution in [2.24, 2.45) is 0 Å². The number of nitrogens with one attached hydrogen (secondary N) is 2. The molecule has 0 fully saturated rings. The molecule has 1 aliphatic rings. The van der Waals surface area contributed by atoms with Gasteiger partial charge >= 0.3 is 0 Å². The molecule has 5 rings (SSSR count). The van der Waals surface area contributed by atoms with E-state index in [-0.39, 0.29) is 12.5 Å². The Morgan fingerprint density at radius 2 is 1.84 bits per heavy atom. The molecule has 2 N–H and O–H groups in total. The molecule has 8 nitrogen and oxygen atoms in total. The molecule has 12 heteroatoms. The number of benzene rings is 3. The van der Waals surface area contributed by atoms with Crippen molar-refractivity contribution in [3.8, 4) is 11.5 Å². The Balaban J connectivity index is 1.58. The van der Waals surface area contributed by atoms with E-state index in [9.17, 15) is 4.79 Å². The largest absolute Gasteiger partial charge is 0.490 e. The summed E-state index contributed by atoms with van der Waals surface area (Å²) in [6.45, 7) is 8.40. The summed E-state index contributed by atoms with van der Waals surface area (Å²) >= 11 is 18.1. The lowest BCUT2D eigenvalue weighted by molar-refractivity contribution is -0.113. The monoisotopic (exact) mass is 715 g/mol. The lowest BCUT2D eigenvalue weighted by Crippen LogP contribution is -2.31. The van der Waals surface area contributed by atoms with E-state index >= 15 is 0 Å². The standard InChI is InChI=1S/C32H32BrCl2N5O3S/c1-5-13-44-32-38-31-36-19(4)27(30(41)37-21-10-7-9-18(3)14-21)28(40(31)39-32)20-15-23(33)29(26(16-20)42-6-2)43-17-22-24(34)11-8-12-25(22)35/h7-12,14-16,28H,5-6,13,17H2,1-4H3,(H,37,41)(H,36,38,39). The van der Waals surface area contributed by atoms with Crippen LogP contribution >= 0.6 is 50.9 Å². The van der Waals surface area contributed by atoms with Gasteiger partial charge in [-0.2, -0.15) is 4.98 Å². The number of fused-ring (bicyclic) bond motifs is 1. The molecule has 1 unspecified atom stereocenters. The van der Waals surface area contributed by atoms with Crippen LogP contribution < -0.4 is 20.1 Å². The molecular formula is C32H32BrCl2N5O3S. The fourth-order valence-corrected chi connectivity index (χ4v) is 6.64. The summed E-state index contributed by atoms with van der Waals surface area (Å²) in [6.07, 6.45) is 0.984. The number of ether oxygens (including phenoxy) is 2. The summed E-state index contributed by atoms with van der Waals surface area (Å²) in [5, 5.41) is 12.9. The molecule has 1 aromatic heterocycles. The Morgan fingerprint density at radius 1 is 1.09 bits per heavy atom. The number of carbonyl (C=O) groups excluding carboxylic acids is 1. The maximum atomic E-state index is 14.0. The number of thioether (sulfide) groups is 1. The number of anilines is 2. The van der Waals surface area contributed by atoms with Gasteiger partial charge in [0.05, 0.1) is 16.7 Å². The molecule has 0 spiro atoms.